The maximum absolute atomic E-state index is 13.0. The molecule has 3 rings (SSSR count). The van der Waals surface area contributed by atoms with Crippen LogP contribution in [0.25, 0.3) is 0 Å². The van der Waals surface area contributed by atoms with Crippen LogP contribution in [0.15, 0.2) is 53.1 Å². The van der Waals surface area contributed by atoms with Crippen molar-refractivity contribution < 1.29 is 14.3 Å². The predicted molar refractivity (Wildman–Crippen MR) is 120 cm³/mol. The Morgan fingerprint density at radius 1 is 1.26 bits per heavy atom. The third-order valence-corrected chi connectivity index (χ3v) is 5.45. The number of rotatable bonds is 9. The lowest BCUT2D eigenvalue weighted by Crippen LogP contribution is -2.38. The molecule has 2 aromatic heterocycles. The Morgan fingerprint density at radius 3 is 2.61 bits per heavy atom. The monoisotopic (exact) mass is 420 g/mol. The number of aliphatic hydroxyl groups is 1. The van der Waals surface area contributed by atoms with E-state index in [1.165, 1.54) is 0 Å². The first kappa shape index (κ1) is 22.2. The molecule has 1 aromatic carbocycles. The number of hydrogen-bond acceptors (Lipinski definition) is 5. The Labute approximate surface area is 182 Å². The number of hydrogen-bond donors (Lipinski definition) is 2. The van der Waals surface area contributed by atoms with E-state index in [2.05, 4.69) is 11.4 Å². The van der Waals surface area contributed by atoms with Crippen LogP contribution in [0.5, 0.6) is 0 Å². The molecule has 3 aromatic rings. The second kappa shape index (κ2) is 10.0. The van der Waals surface area contributed by atoms with Crippen LogP contribution in [0.2, 0.25) is 0 Å². The summed E-state index contributed by atoms with van der Waals surface area (Å²) in [7, 11) is 0. The lowest BCUT2D eigenvalue weighted by molar-refractivity contribution is -0.115. The quantitative estimate of drug-likeness (QED) is 0.549. The van der Waals surface area contributed by atoms with Gasteiger partial charge in [0.2, 0.25) is 5.91 Å². The van der Waals surface area contributed by atoms with E-state index in [1.807, 2.05) is 66.6 Å². The molecular formula is C24H28N4O3. The van der Waals surface area contributed by atoms with E-state index in [4.69, 9.17) is 4.42 Å². The third kappa shape index (κ3) is 5.16. The maximum Gasteiger partial charge on any atom is 0.245 e. The third-order valence-electron chi connectivity index (χ3n) is 5.45. The SMILES string of the molecule is CCC(O)CN(CC(=O)Nc1c(C#N)c(C)c(C)n1Cc1ccco1)c1ccccc1. The number of amides is 1. The molecule has 0 saturated carbocycles. The smallest absolute Gasteiger partial charge is 0.245 e. The summed E-state index contributed by atoms with van der Waals surface area (Å²) in [5.74, 6) is 0.930. The number of para-hydroxylation sites is 1. The van der Waals surface area contributed by atoms with E-state index >= 15 is 0 Å². The van der Waals surface area contributed by atoms with Gasteiger partial charge >= 0.3 is 0 Å². The van der Waals surface area contributed by atoms with Crippen LogP contribution < -0.4 is 10.2 Å². The molecule has 0 spiro atoms. The van der Waals surface area contributed by atoms with Crippen molar-refractivity contribution in [2.75, 3.05) is 23.3 Å². The number of benzene rings is 1. The summed E-state index contributed by atoms with van der Waals surface area (Å²) in [5.41, 5.74) is 3.01. The molecular weight excluding hydrogens is 392 g/mol. The van der Waals surface area contributed by atoms with Gasteiger partial charge < -0.3 is 24.3 Å². The lowest BCUT2D eigenvalue weighted by atomic mass is 10.2. The number of nitrogens with one attached hydrogen (secondary N) is 1. The van der Waals surface area contributed by atoms with Gasteiger partial charge in [0.25, 0.3) is 0 Å². The summed E-state index contributed by atoms with van der Waals surface area (Å²) < 4.78 is 7.35. The topological polar surface area (TPSA) is 94.4 Å². The second-order valence-corrected chi connectivity index (χ2v) is 7.54. The van der Waals surface area contributed by atoms with Crippen molar-refractivity contribution in [3.8, 4) is 6.07 Å². The summed E-state index contributed by atoms with van der Waals surface area (Å²) in [6.07, 6.45) is 1.64. The highest BCUT2D eigenvalue weighted by Gasteiger charge is 2.22. The summed E-state index contributed by atoms with van der Waals surface area (Å²) in [4.78, 5) is 14.9. The molecule has 1 atom stereocenters. The number of aromatic nitrogens is 1. The Hall–Kier alpha value is -3.50. The van der Waals surface area contributed by atoms with Gasteiger partial charge in [0.05, 0.1) is 31.0 Å². The first-order valence-corrected chi connectivity index (χ1v) is 10.3. The molecule has 0 radical (unpaired) electrons. The summed E-state index contributed by atoms with van der Waals surface area (Å²) in [5, 5.41) is 22.8. The van der Waals surface area contributed by atoms with E-state index in [0.29, 0.717) is 30.9 Å². The van der Waals surface area contributed by atoms with Crippen LogP contribution in [-0.2, 0) is 11.3 Å². The van der Waals surface area contributed by atoms with Gasteiger partial charge in [0.1, 0.15) is 17.6 Å². The minimum atomic E-state index is -0.546. The largest absolute Gasteiger partial charge is 0.467 e. The number of anilines is 2. The van der Waals surface area contributed by atoms with Crippen molar-refractivity contribution in [2.45, 2.75) is 39.8 Å². The molecule has 162 valence electrons. The highest BCUT2D eigenvalue weighted by Crippen LogP contribution is 2.27. The molecule has 0 aliphatic heterocycles. The van der Waals surface area contributed by atoms with Crippen molar-refractivity contribution in [2.24, 2.45) is 0 Å². The Balaban J connectivity index is 1.86. The maximum atomic E-state index is 13.0. The van der Waals surface area contributed by atoms with E-state index < -0.39 is 6.10 Å². The molecule has 0 aliphatic carbocycles. The Morgan fingerprint density at radius 2 is 2.00 bits per heavy atom. The lowest BCUT2D eigenvalue weighted by Gasteiger charge is -2.26. The fraction of sp³-hybridized carbons (Fsp3) is 0.333. The molecule has 0 aliphatic rings. The number of carbonyl (C=O) groups excluding carboxylic acids is 1. The second-order valence-electron chi connectivity index (χ2n) is 7.54. The standard InChI is InChI=1S/C24H28N4O3/c1-4-20(29)14-27(19-9-6-5-7-10-19)16-23(30)26-24-22(13-25)17(2)18(3)28(24)15-21-11-8-12-31-21/h5-12,20,29H,4,14-16H2,1-3H3,(H,26,30). The van der Waals surface area contributed by atoms with E-state index in [-0.39, 0.29) is 12.5 Å². The first-order valence-electron chi connectivity index (χ1n) is 10.3. The minimum absolute atomic E-state index is 0.0516. The number of aliphatic hydroxyl groups excluding tert-OH is 1. The van der Waals surface area contributed by atoms with Gasteiger partial charge in [-0.05, 0) is 50.1 Å². The summed E-state index contributed by atoms with van der Waals surface area (Å²) in [6, 6.07) is 15.4. The molecule has 0 fully saturated rings. The van der Waals surface area contributed by atoms with Gasteiger partial charge in [0.15, 0.2) is 0 Å². The number of nitrogens with zero attached hydrogens (tertiary/aromatic N) is 3. The molecule has 2 heterocycles. The average molecular weight is 421 g/mol. The van der Waals surface area contributed by atoms with Crippen LogP contribution in [0.1, 0.15) is 35.9 Å². The van der Waals surface area contributed by atoms with E-state index in [9.17, 15) is 15.2 Å². The zero-order chi connectivity index (χ0) is 22.4. The molecule has 1 amide bonds. The van der Waals surface area contributed by atoms with Gasteiger partial charge in [-0.1, -0.05) is 25.1 Å². The van der Waals surface area contributed by atoms with Crippen molar-refractivity contribution in [3.63, 3.8) is 0 Å². The van der Waals surface area contributed by atoms with Crippen LogP contribution >= 0.6 is 0 Å². The normalized spacial score (nSPS) is 11.7. The predicted octanol–water partition coefficient (Wildman–Crippen LogP) is 3.83. The zero-order valence-electron chi connectivity index (χ0n) is 18.1. The summed E-state index contributed by atoms with van der Waals surface area (Å²) >= 11 is 0. The molecule has 1 unspecified atom stereocenters. The molecule has 0 saturated heterocycles. The number of furan rings is 1. The van der Waals surface area contributed by atoms with Gasteiger partial charge in [-0.25, -0.2) is 0 Å². The summed E-state index contributed by atoms with van der Waals surface area (Å²) in [6.45, 7) is 6.49. The molecule has 7 heteroatoms. The van der Waals surface area contributed by atoms with Gasteiger partial charge in [-0.15, -0.1) is 0 Å². The Bertz CT molecular complexity index is 1050. The molecule has 2 N–H and O–H groups in total. The van der Waals surface area contributed by atoms with Crippen molar-refractivity contribution >= 4 is 17.4 Å². The highest BCUT2D eigenvalue weighted by molar-refractivity contribution is 5.95. The van der Waals surface area contributed by atoms with Crippen molar-refractivity contribution in [3.05, 3.63) is 71.3 Å². The first-order chi connectivity index (χ1) is 14.9. The Kier molecular flexibility index (Phi) is 7.16. The fourth-order valence-electron chi connectivity index (χ4n) is 3.51. The van der Waals surface area contributed by atoms with Crippen molar-refractivity contribution in [1.29, 1.82) is 5.26 Å². The van der Waals surface area contributed by atoms with Gasteiger partial charge in [-0.2, -0.15) is 5.26 Å². The molecule has 7 nitrogen and oxygen atoms in total. The van der Waals surface area contributed by atoms with Crippen molar-refractivity contribution in [1.82, 2.24) is 4.57 Å². The average Bonchev–Trinajstić information content (AvgIpc) is 3.36. The van der Waals surface area contributed by atoms with Crippen LogP contribution in [0.4, 0.5) is 11.5 Å². The zero-order valence-corrected chi connectivity index (χ0v) is 18.1. The molecule has 31 heavy (non-hydrogen) atoms. The van der Waals surface area contributed by atoms with Crippen LogP contribution in [-0.4, -0.2) is 34.8 Å². The van der Waals surface area contributed by atoms with E-state index in [0.717, 1.165) is 22.7 Å². The van der Waals surface area contributed by atoms with Gasteiger partial charge in [-0.3, -0.25) is 4.79 Å². The van der Waals surface area contributed by atoms with E-state index in [1.54, 1.807) is 12.3 Å². The minimum Gasteiger partial charge on any atom is -0.467 e. The highest BCUT2D eigenvalue weighted by atomic mass is 16.3. The fourth-order valence-corrected chi connectivity index (χ4v) is 3.51. The van der Waals surface area contributed by atoms with Crippen LogP contribution in [0, 0.1) is 25.2 Å². The van der Waals surface area contributed by atoms with Crippen LogP contribution in [0.3, 0.4) is 0 Å². The van der Waals surface area contributed by atoms with Gasteiger partial charge in [0, 0.05) is 17.9 Å². The molecule has 0 bridgehead atoms. The number of nitriles is 1. The number of carbonyl (C=O) groups is 1.